The van der Waals surface area contributed by atoms with Crippen molar-refractivity contribution in [1.82, 2.24) is 10.2 Å². The van der Waals surface area contributed by atoms with Crippen LogP contribution in [0.15, 0.2) is 36.4 Å². The van der Waals surface area contributed by atoms with E-state index in [1.165, 1.54) is 41.3 Å². The van der Waals surface area contributed by atoms with Crippen LogP contribution in [0.5, 0.6) is 0 Å². The van der Waals surface area contributed by atoms with Crippen molar-refractivity contribution in [3.8, 4) is 0 Å². The Morgan fingerprint density at radius 2 is 1.95 bits per heavy atom. The minimum absolute atomic E-state index is 0.678. The molecule has 1 saturated heterocycles. The van der Waals surface area contributed by atoms with E-state index in [1.807, 2.05) is 0 Å². The molecule has 0 radical (unpaired) electrons. The topological polar surface area (TPSA) is 15.3 Å². The molecule has 2 nitrogen and oxygen atoms in total. The first-order chi connectivity index (χ1) is 9.72. The van der Waals surface area contributed by atoms with Gasteiger partial charge >= 0.3 is 0 Å². The van der Waals surface area contributed by atoms with Crippen LogP contribution in [-0.2, 0) is 6.54 Å². The molecule has 0 aromatic heterocycles. The lowest BCUT2D eigenvalue weighted by molar-refractivity contribution is 0.196. The van der Waals surface area contributed by atoms with Gasteiger partial charge in [0.05, 0.1) is 0 Å². The van der Waals surface area contributed by atoms with E-state index in [-0.39, 0.29) is 0 Å². The van der Waals surface area contributed by atoms with Gasteiger partial charge in [0.1, 0.15) is 0 Å². The molecule has 20 heavy (non-hydrogen) atoms. The predicted molar refractivity (Wildman–Crippen MR) is 86.0 cm³/mol. The zero-order valence-electron chi connectivity index (χ0n) is 12.5. The van der Waals surface area contributed by atoms with Gasteiger partial charge in [-0.15, -0.1) is 0 Å². The van der Waals surface area contributed by atoms with Crippen molar-refractivity contribution in [3.63, 3.8) is 0 Å². The summed E-state index contributed by atoms with van der Waals surface area (Å²) in [6.07, 6.45) is 2.61. The van der Waals surface area contributed by atoms with E-state index in [4.69, 9.17) is 0 Å². The minimum atomic E-state index is 0.678. The molecule has 1 aliphatic heterocycles. The third-order valence-electron chi connectivity index (χ3n) is 4.39. The first-order valence-corrected chi connectivity index (χ1v) is 7.62. The van der Waals surface area contributed by atoms with Crippen LogP contribution in [0.4, 0.5) is 0 Å². The number of fused-ring (bicyclic) bond motifs is 1. The monoisotopic (exact) mass is 268 g/mol. The number of piperidine rings is 1. The molecule has 2 aromatic carbocycles. The largest absolute Gasteiger partial charge is 0.315 e. The smallest absolute Gasteiger partial charge is 0.0234 e. The van der Waals surface area contributed by atoms with Crippen molar-refractivity contribution in [3.05, 3.63) is 47.5 Å². The fourth-order valence-corrected chi connectivity index (χ4v) is 3.14. The van der Waals surface area contributed by atoms with Gasteiger partial charge < -0.3 is 5.32 Å². The molecule has 1 aliphatic rings. The second-order valence-corrected chi connectivity index (χ2v) is 6.10. The van der Waals surface area contributed by atoms with E-state index in [0.29, 0.717) is 6.04 Å². The molecule has 1 fully saturated rings. The molecule has 2 heteroatoms. The fourth-order valence-electron chi connectivity index (χ4n) is 3.14. The van der Waals surface area contributed by atoms with Gasteiger partial charge in [-0.2, -0.15) is 0 Å². The van der Waals surface area contributed by atoms with Crippen molar-refractivity contribution < 1.29 is 0 Å². The lowest BCUT2D eigenvalue weighted by atomic mass is 10.0. The zero-order valence-corrected chi connectivity index (χ0v) is 12.5. The molecule has 0 aliphatic carbocycles. The highest BCUT2D eigenvalue weighted by molar-refractivity contribution is 5.83. The summed E-state index contributed by atoms with van der Waals surface area (Å²) in [5.74, 6) is 0. The third kappa shape index (κ3) is 3.02. The fraction of sp³-hybridized carbons (Fsp3) is 0.444. The molecule has 1 atom stereocenters. The summed E-state index contributed by atoms with van der Waals surface area (Å²) in [4.78, 5) is 2.49. The molecular formula is C18H24N2. The van der Waals surface area contributed by atoms with E-state index in [1.54, 1.807) is 0 Å². The minimum Gasteiger partial charge on any atom is -0.315 e. The van der Waals surface area contributed by atoms with Gasteiger partial charge in [-0.05, 0) is 55.8 Å². The van der Waals surface area contributed by atoms with Crippen LogP contribution in [0.25, 0.3) is 10.8 Å². The normalized spacial score (nSPS) is 19.6. The number of nitrogens with zero attached hydrogens (tertiary/aromatic N) is 1. The average molecular weight is 268 g/mol. The Hall–Kier alpha value is -1.38. The molecule has 106 valence electrons. The molecule has 2 aromatic rings. The SMILES string of the molecule is Cc1ccc2cc(CN(C)C3CCCNC3)ccc2c1. The van der Waals surface area contributed by atoms with Crippen LogP contribution in [0.2, 0.25) is 0 Å². The maximum Gasteiger partial charge on any atom is 0.0234 e. The number of hydrogen-bond acceptors (Lipinski definition) is 2. The molecular weight excluding hydrogens is 244 g/mol. The summed E-state index contributed by atoms with van der Waals surface area (Å²) in [6, 6.07) is 14.2. The molecule has 1 unspecified atom stereocenters. The van der Waals surface area contributed by atoms with Crippen molar-refractivity contribution >= 4 is 10.8 Å². The van der Waals surface area contributed by atoms with E-state index in [9.17, 15) is 0 Å². The second-order valence-electron chi connectivity index (χ2n) is 6.10. The summed E-state index contributed by atoms with van der Waals surface area (Å²) in [6.45, 7) is 5.50. The summed E-state index contributed by atoms with van der Waals surface area (Å²) >= 11 is 0. The number of likely N-dealkylation sites (N-methyl/N-ethyl adjacent to an activating group) is 1. The van der Waals surface area contributed by atoms with E-state index in [2.05, 4.69) is 60.6 Å². The molecule has 1 heterocycles. The quantitative estimate of drug-likeness (QED) is 0.918. The molecule has 1 N–H and O–H groups in total. The maximum absolute atomic E-state index is 3.50. The van der Waals surface area contributed by atoms with Crippen LogP contribution in [0, 0.1) is 6.92 Å². The summed E-state index contributed by atoms with van der Waals surface area (Å²) in [5.41, 5.74) is 2.74. The van der Waals surface area contributed by atoms with Crippen LogP contribution in [0.1, 0.15) is 24.0 Å². The number of rotatable bonds is 3. The lowest BCUT2D eigenvalue weighted by Gasteiger charge is -2.31. The van der Waals surface area contributed by atoms with Gasteiger partial charge in [0, 0.05) is 19.1 Å². The highest BCUT2D eigenvalue weighted by Gasteiger charge is 2.17. The Balaban J connectivity index is 1.75. The van der Waals surface area contributed by atoms with E-state index >= 15 is 0 Å². The molecule has 0 amide bonds. The highest BCUT2D eigenvalue weighted by Crippen LogP contribution is 2.19. The maximum atomic E-state index is 3.50. The number of nitrogens with one attached hydrogen (secondary N) is 1. The first kappa shape index (κ1) is 13.6. The van der Waals surface area contributed by atoms with Crippen molar-refractivity contribution in [1.29, 1.82) is 0 Å². The molecule has 0 bridgehead atoms. The number of aryl methyl sites for hydroxylation is 1. The van der Waals surface area contributed by atoms with E-state index < -0.39 is 0 Å². The van der Waals surface area contributed by atoms with Gasteiger partial charge in [-0.1, -0.05) is 35.9 Å². The summed E-state index contributed by atoms with van der Waals surface area (Å²) in [5, 5.41) is 6.19. The van der Waals surface area contributed by atoms with Gasteiger partial charge in [0.15, 0.2) is 0 Å². The summed E-state index contributed by atoms with van der Waals surface area (Å²) in [7, 11) is 2.25. The van der Waals surface area contributed by atoms with E-state index in [0.717, 1.165) is 13.1 Å². The Labute approximate surface area is 121 Å². The van der Waals surface area contributed by atoms with Crippen LogP contribution < -0.4 is 5.32 Å². The number of benzene rings is 2. The standard InChI is InChI=1S/C18H24N2/c1-14-5-7-17-11-15(6-8-16(17)10-14)13-20(2)18-4-3-9-19-12-18/h5-8,10-11,18-19H,3-4,9,12-13H2,1-2H3. The van der Waals surface area contributed by atoms with Crippen molar-refractivity contribution in [2.45, 2.75) is 32.4 Å². The molecule has 3 rings (SSSR count). The van der Waals surface area contributed by atoms with Crippen LogP contribution in [-0.4, -0.2) is 31.1 Å². The van der Waals surface area contributed by atoms with Gasteiger partial charge in [0.25, 0.3) is 0 Å². The van der Waals surface area contributed by atoms with Crippen molar-refractivity contribution in [2.24, 2.45) is 0 Å². The Morgan fingerprint density at radius 1 is 1.15 bits per heavy atom. The second kappa shape index (κ2) is 5.94. The van der Waals surface area contributed by atoms with Crippen LogP contribution in [0.3, 0.4) is 0 Å². The lowest BCUT2D eigenvalue weighted by Crippen LogP contribution is -2.43. The molecule has 0 saturated carbocycles. The average Bonchev–Trinajstić information content (AvgIpc) is 2.48. The third-order valence-corrected chi connectivity index (χ3v) is 4.39. The zero-order chi connectivity index (χ0) is 13.9. The highest BCUT2D eigenvalue weighted by atomic mass is 15.2. The van der Waals surface area contributed by atoms with Crippen LogP contribution >= 0.6 is 0 Å². The Bertz CT molecular complexity index is 585. The van der Waals surface area contributed by atoms with Gasteiger partial charge in [-0.25, -0.2) is 0 Å². The first-order valence-electron chi connectivity index (χ1n) is 7.62. The van der Waals surface area contributed by atoms with Gasteiger partial charge in [-0.3, -0.25) is 4.90 Å². The number of hydrogen-bond donors (Lipinski definition) is 1. The Kier molecular flexibility index (Phi) is 4.04. The Morgan fingerprint density at radius 3 is 2.75 bits per heavy atom. The predicted octanol–water partition coefficient (Wildman–Crippen LogP) is 3.33. The molecule has 0 spiro atoms. The van der Waals surface area contributed by atoms with Gasteiger partial charge in [0.2, 0.25) is 0 Å². The van der Waals surface area contributed by atoms with Crippen molar-refractivity contribution in [2.75, 3.05) is 20.1 Å². The summed E-state index contributed by atoms with van der Waals surface area (Å²) < 4.78 is 0.